The lowest BCUT2D eigenvalue weighted by Crippen LogP contribution is -2.58. The van der Waals surface area contributed by atoms with Gasteiger partial charge in [-0.05, 0) is 43.2 Å². The van der Waals surface area contributed by atoms with E-state index in [1.165, 1.54) is 12.1 Å². The third kappa shape index (κ3) is 6.61. The van der Waals surface area contributed by atoms with E-state index in [9.17, 15) is 32.0 Å². The largest absolute Gasteiger partial charge is 0.340 e. The highest BCUT2D eigenvalue weighted by Crippen LogP contribution is 2.33. The molecule has 3 aromatic carbocycles. The number of amides is 2. The summed E-state index contributed by atoms with van der Waals surface area (Å²) in [6.45, 7) is 0. The molecular formula is C28H23Cl2F2N3O4S. The molecule has 0 spiro atoms. The first-order valence-corrected chi connectivity index (χ1v) is 14.7. The van der Waals surface area contributed by atoms with Gasteiger partial charge in [0.2, 0.25) is 5.91 Å². The van der Waals surface area contributed by atoms with Crippen LogP contribution in [0.1, 0.15) is 28.8 Å². The van der Waals surface area contributed by atoms with E-state index in [2.05, 4.69) is 10.6 Å². The molecule has 40 heavy (non-hydrogen) atoms. The molecule has 1 atom stereocenters. The number of carbonyl (C=O) groups excluding carboxylic acids is 2. The van der Waals surface area contributed by atoms with Gasteiger partial charge in [-0.15, -0.1) is 0 Å². The third-order valence-electron chi connectivity index (χ3n) is 6.74. The minimum Gasteiger partial charge on any atom is -0.340 e. The number of nitriles is 1. The first kappa shape index (κ1) is 29.5. The Morgan fingerprint density at radius 3 is 2.17 bits per heavy atom. The van der Waals surface area contributed by atoms with Gasteiger partial charge in [-0.25, -0.2) is 17.2 Å². The smallest absolute Gasteiger partial charge is 0.251 e. The molecular weight excluding hydrogens is 583 g/mol. The van der Waals surface area contributed by atoms with Crippen molar-refractivity contribution in [2.24, 2.45) is 0 Å². The quantitative estimate of drug-likeness (QED) is 0.399. The lowest BCUT2D eigenvalue weighted by molar-refractivity contribution is -0.124. The van der Waals surface area contributed by atoms with Gasteiger partial charge >= 0.3 is 0 Å². The highest BCUT2D eigenvalue weighted by Gasteiger charge is 2.40. The number of rotatable bonds is 7. The summed E-state index contributed by atoms with van der Waals surface area (Å²) in [6.07, 6.45) is -0.891. The molecule has 4 rings (SSSR count). The van der Waals surface area contributed by atoms with Crippen molar-refractivity contribution >= 4 is 44.9 Å². The zero-order valence-electron chi connectivity index (χ0n) is 20.9. The van der Waals surface area contributed by atoms with Gasteiger partial charge in [-0.1, -0.05) is 53.5 Å². The van der Waals surface area contributed by atoms with Crippen molar-refractivity contribution in [3.05, 3.63) is 93.5 Å². The molecule has 12 heteroatoms. The summed E-state index contributed by atoms with van der Waals surface area (Å²) in [5.74, 6) is -4.11. The lowest BCUT2D eigenvalue weighted by atomic mass is 9.93. The van der Waals surface area contributed by atoms with E-state index in [0.29, 0.717) is 16.1 Å². The van der Waals surface area contributed by atoms with Crippen LogP contribution in [0.2, 0.25) is 10.0 Å². The van der Waals surface area contributed by atoms with Gasteiger partial charge in [0.1, 0.15) is 23.2 Å². The highest BCUT2D eigenvalue weighted by atomic mass is 35.5. The zero-order valence-corrected chi connectivity index (χ0v) is 23.2. The fourth-order valence-corrected chi connectivity index (χ4v) is 6.45. The summed E-state index contributed by atoms with van der Waals surface area (Å²) in [6, 6.07) is 15.0. The third-order valence-corrected chi connectivity index (χ3v) is 9.04. The fourth-order valence-electron chi connectivity index (χ4n) is 4.41. The molecule has 1 heterocycles. The monoisotopic (exact) mass is 605 g/mol. The molecule has 0 bridgehead atoms. The first-order chi connectivity index (χ1) is 18.9. The van der Waals surface area contributed by atoms with Gasteiger partial charge in [-0.2, -0.15) is 5.26 Å². The molecule has 0 aromatic heterocycles. The minimum atomic E-state index is -3.36. The van der Waals surface area contributed by atoms with E-state index in [-0.39, 0.29) is 34.9 Å². The second-order valence-corrected chi connectivity index (χ2v) is 12.6. The Balaban J connectivity index is 1.61. The first-order valence-electron chi connectivity index (χ1n) is 12.2. The van der Waals surface area contributed by atoms with Crippen LogP contribution in [0.5, 0.6) is 0 Å². The van der Waals surface area contributed by atoms with Crippen LogP contribution < -0.4 is 10.6 Å². The molecule has 208 valence electrons. The molecule has 3 aromatic rings. The van der Waals surface area contributed by atoms with Crippen LogP contribution in [-0.2, 0) is 21.1 Å². The van der Waals surface area contributed by atoms with Gasteiger partial charge < -0.3 is 10.6 Å². The molecule has 2 amide bonds. The van der Waals surface area contributed by atoms with Crippen molar-refractivity contribution in [3.8, 4) is 17.2 Å². The second kappa shape index (κ2) is 11.9. The zero-order chi connectivity index (χ0) is 29.1. The molecule has 1 fully saturated rings. The van der Waals surface area contributed by atoms with Crippen LogP contribution in [-0.4, -0.2) is 43.3 Å². The van der Waals surface area contributed by atoms with Crippen LogP contribution >= 0.6 is 23.2 Å². The van der Waals surface area contributed by atoms with Crippen molar-refractivity contribution in [1.82, 2.24) is 10.6 Å². The predicted molar refractivity (Wildman–Crippen MR) is 148 cm³/mol. The molecule has 1 aliphatic heterocycles. The minimum absolute atomic E-state index is 0.0614. The number of halogens is 4. The number of nitrogens with zero attached hydrogens (tertiary/aromatic N) is 1. The van der Waals surface area contributed by atoms with E-state index in [4.69, 9.17) is 23.2 Å². The maximum atomic E-state index is 14.5. The number of nitrogens with one attached hydrogen (secondary N) is 2. The molecule has 0 saturated carbocycles. The summed E-state index contributed by atoms with van der Waals surface area (Å²) in [7, 11) is -3.36. The molecule has 2 N–H and O–H groups in total. The number of carbonyl (C=O) groups is 2. The summed E-state index contributed by atoms with van der Waals surface area (Å²) in [4.78, 5) is 26.6. The standard InChI is InChI=1S/C28H23Cl2F2N3O4S/c29-21-5-2-1-4-18(21)19-9-8-17(14-22(19)30)26(36)34-25(15-20-23(31)6-3-7-24(20)32)27(37)35-28(16-33)10-12-40(38,39)13-11-28/h1-9,14,25H,10-13,15H2,(H,34,36)(H,35,37)/t25-/m0/s1. The van der Waals surface area contributed by atoms with Crippen LogP contribution in [0.15, 0.2) is 60.7 Å². The van der Waals surface area contributed by atoms with Gasteiger partial charge in [0.15, 0.2) is 9.84 Å². The lowest BCUT2D eigenvalue weighted by Gasteiger charge is -2.33. The maximum absolute atomic E-state index is 14.5. The summed E-state index contributed by atoms with van der Waals surface area (Å²) < 4.78 is 52.7. The summed E-state index contributed by atoms with van der Waals surface area (Å²) in [5, 5.41) is 15.4. The van der Waals surface area contributed by atoms with Gasteiger partial charge in [0, 0.05) is 38.7 Å². The van der Waals surface area contributed by atoms with Crippen LogP contribution in [0.4, 0.5) is 8.78 Å². The molecule has 0 aliphatic carbocycles. The van der Waals surface area contributed by atoms with Crippen LogP contribution in [0.3, 0.4) is 0 Å². The SMILES string of the molecule is N#CC1(NC(=O)[C@H](Cc2c(F)cccc2F)NC(=O)c2ccc(-c3ccccc3Cl)c(Cl)c2)CCS(=O)(=O)CC1. The number of hydrogen-bond acceptors (Lipinski definition) is 5. The van der Waals surface area contributed by atoms with E-state index in [0.717, 1.165) is 18.2 Å². The Morgan fingerprint density at radius 1 is 0.950 bits per heavy atom. The van der Waals surface area contributed by atoms with Crippen LogP contribution in [0, 0.1) is 23.0 Å². The Hall–Kier alpha value is -3.52. The van der Waals surface area contributed by atoms with Crippen molar-refractivity contribution in [1.29, 1.82) is 5.26 Å². The summed E-state index contributed by atoms with van der Waals surface area (Å²) in [5.41, 5.74) is -0.683. The second-order valence-electron chi connectivity index (χ2n) is 9.44. The van der Waals surface area contributed by atoms with E-state index >= 15 is 0 Å². The average Bonchev–Trinajstić information content (AvgIpc) is 2.92. The normalized spacial score (nSPS) is 16.4. The Bertz CT molecular complexity index is 1590. The molecule has 1 aliphatic rings. The van der Waals surface area contributed by atoms with Crippen molar-refractivity contribution in [2.75, 3.05) is 11.5 Å². The fraction of sp³-hybridized carbons (Fsp3) is 0.250. The van der Waals surface area contributed by atoms with E-state index in [1.54, 1.807) is 30.3 Å². The van der Waals surface area contributed by atoms with Gasteiger partial charge in [0.25, 0.3) is 5.91 Å². The van der Waals surface area contributed by atoms with Crippen molar-refractivity contribution in [3.63, 3.8) is 0 Å². The van der Waals surface area contributed by atoms with Crippen LogP contribution in [0.25, 0.3) is 11.1 Å². The maximum Gasteiger partial charge on any atom is 0.251 e. The van der Waals surface area contributed by atoms with Gasteiger partial charge in [0.05, 0.1) is 17.6 Å². The topological polar surface area (TPSA) is 116 Å². The Kier molecular flexibility index (Phi) is 8.78. The number of sulfone groups is 1. The van der Waals surface area contributed by atoms with E-state index in [1.807, 2.05) is 6.07 Å². The Labute approximate surface area is 240 Å². The predicted octanol–water partition coefficient (Wildman–Crippen LogP) is 4.87. The highest BCUT2D eigenvalue weighted by molar-refractivity contribution is 7.91. The Morgan fingerprint density at radius 2 is 1.57 bits per heavy atom. The van der Waals surface area contributed by atoms with Gasteiger partial charge in [-0.3, -0.25) is 9.59 Å². The molecule has 1 saturated heterocycles. The average molecular weight is 606 g/mol. The van der Waals surface area contributed by atoms with Crippen molar-refractivity contribution in [2.45, 2.75) is 30.8 Å². The molecule has 0 unspecified atom stereocenters. The number of hydrogen-bond donors (Lipinski definition) is 2. The number of benzene rings is 3. The van der Waals surface area contributed by atoms with E-state index < -0.39 is 56.9 Å². The molecule has 0 radical (unpaired) electrons. The van der Waals surface area contributed by atoms with Crippen molar-refractivity contribution < 1.29 is 26.8 Å². The summed E-state index contributed by atoms with van der Waals surface area (Å²) >= 11 is 12.7. The molecule has 7 nitrogen and oxygen atoms in total.